The summed E-state index contributed by atoms with van der Waals surface area (Å²) in [6.07, 6.45) is 6.14. The summed E-state index contributed by atoms with van der Waals surface area (Å²) in [6, 6.07) is 15.6. The average Bonchev–Trinajstić information content (AvgIpc) is 3.29. The number of rotatable bonds is 14. The minimum absolute atomic E-state index is 0.134. The molecule has 0 saturated carbocycles. The minimum atomic E-state index is -0.633. The standard InChI is InChI=1S/C26H32ClN3O3/c1-19(31)16-17-28-18-24(32)21-10-12-22(13-11-21)26-29-25(33-30-26)7-5-3-2-4-6-20-8-14-23(27)15-9-20/h8-15,24,28,32H,2-7,16-18H2,1H3. The van der Waals surface area contributed by atoms with Crippen molar-refractivity contribution < 1.29 is 14.4 Å². The second-order valence-electron chi connectivity index (χ2n) is 8.35. The number of aliphatic hydroxyl groups excluding tert-OH is 1. The molecule has 2 N–H and O–H groups in total. The molecule has 0 fully saturated rings. The summed E-state index contributed by atoms with van der Waals surface area (Å²) in [7, 11) is 0. The van der Waals surface area contributed by atoms with Crippen LogP contribution in [-0.4, -0.2) is 34.1 Å². The summed E-state index contributed by atoms with van der Waals surface area (Å²) >= 11 is 5.92. The van der Waals surface area contributed by atoms with Gasteiger partial charge in [0.1, 0.15) is 5.78 Å². The van der Waals surface area contributed by atoms with E-state index >= 15 is 0 Å². The first-order valence-electron chi connectivity index (χ1n) is 11.6. The Kier molecular flexibility index (Phi) is 10.1. The summed E-state index contributed by atoms with van der Waals surface area (Å²) in [6.45, 7) is 2.53. The Morgan fingerprint density at radius 3 is 2.42 bits per heavy atom. The first-order valence-corrected chi connectivity index (χ1v) is 11.9. The van der Waals surface area contributed by atoms with Crippen molar-refractivity contribution in [2.75, 3.05) is 13.1 Å². The van der Waals surface area contributed by atoms with Gasteiger partial charge in [0, 0.05) is 36.5 Å². The zero-order chi connectivity index (χ0) is 23.5. The summed E-state index contributed by atoms with van der Waals surface area (Å²) < 4.78 is 5.41. The van der Waals surface area contributed by atoms with Crippen molar-refractivity contribution in [1.82, 2.24) is 15.5 Å². The number of unbranched alkanes of at least 4 members (excludes halogenated alkanes) is 3. The molecule has 0 spiro atoms. The van der Waals surface area contributed by atoms with Gasteiger partial charge in [0.05, 0.1) is 6.10 Å². The molecule has 1 atom stereocenters. The third kappa shape index (κ3) is 8.72. The fourth-order valence-electron chi connectivity index (χ4n) is 3.56. The van der Waals surface area contributed by atoms with Crippen LogP contribution in [0.5, 0.6) is 0 Å². The number of halogens is 1. The molecule has 6 nitrogen and oxygen atoms in total. The molecule has 33 heavy (non-hydrogen) atoms. The predicted octanol–water partition coefficient (Wildman–Crippen LogP) is 5.34. The van der Waals surface area contributed by atoms with Crippen LogP contribution in [0.25, 0.3) is 11.4 Å². The van der Waals surface area contributed by atoms with Crippen LogP contribution in [0.3, 0.4) is 0 Å². The van der Waals surface area contributed by atoms with Crippen LogP contribution < -0.4 is 5.32 Å². The molecule has 0 aliphatic rings. The van der Waals surface area contributed by atoms with Crippen molar-refractivity contribution in [3.8, 4) is 11.4 Å². The Labute approximate surface area is 200 Å². The first kappa shape index (κ1) is 25.1. The van der Waals surface area contributed by atoms with Gasteiger partial charge in [-0.25, -0.2) is 0 Å². The average molecular weight is 470 g/mol. The second kappa shape index (κ2) is 13.2. The van der Waals surface area contributed by atoms with E-state index in [1.54, 1.807) is 6.92 Å². The van der Waals surface area contributed by atoms with Gasteiger partial charge in [-0.15, -0.1) is 0 Å². The monoisotopic (exact) mass is 469 g/mol. The fourth-order valence-corrected chi connectivity index (χ4v) is 3.69. The summed E-state index contributed by atoms with van der Waals surface area (Å²) in [5.41, 5.74) is 2.98. The van der Waals surface area contributed by atoms with Crippen molar-refractivity contribution >= 4 is 17.4 Å². The van der Waals surface area contributed by atoms with E-state index in [4.69, 9.17) is 16.1 Å². The number of nitrogens with one attached hydrogen (secondary N) is 1. The third-order valence-electron chi connectivity index (χ3n) is 5.53. The molecule has 2 aromatic carbocycles. The van der Waals surface area contributed by atoms with Gasteiger partial charge in [0.25, 0.3) is 0 Å². The zero-order valence-corrected chi connectivity index (χ0v) is 19.9. The van der Waals surface area contributed by atoms with Crippen molar-refractivity contribution in [2.45, 2.75) is 58.0 Å². The van der Waals surface area contributed by atoms with Crippen LogP contribution in [-0.2, 0) is 17.6 Å². The number of carbonyl (C=O) groups excluding carboxylic acids is 1. The van der Waals surface area contributed by atoms with E-state index in [2.05, 4.69) is 27.6 Å². The molecule has 3 aromatic rings. The largest absolute Gasteiger partial charge is 0.387 e. The summed E-state index contributed by atoms with van der Waals surface area (Å²) in [5, 5.41) is 18.2. The highest BCUT2D eigenvalue weighted by Crippen LogP contribution is 2.20. The highest BCUT2D eigenvalue weighted by atomic mass is 35.5. The SMILES string of the molecule is CC(=O)CCNCC(O)c1ccc(-c2noc(CCCCCCc3ccc(Cl)cc3)n2)cc1. The Bertz CT molecular complexity index is 987. The smallest absolute Gasteiger partial charge is 0.226 e. The van der Waals surface area contributed by atoms with Crippen LogP contribution >= 0.6 is 11.6 Å². The normalized spacial score (nSPS) is 12.1. The number of Topliss-reactive ketones (excluding diaryl/α,β-unsaturated/α-hetero) is 1. The van der Waals surface area contributed by atoms with Crippen molar-refractivity contribution in [1.29, 1.82) is 0 Å². The third-order valence-corrected chi connectivity index (χ3v) is 5.78. The second-order valence-corrected chi connectivity index (χ2v) is 8.78. The van der Waals surface area contributed by atoms with Crippen LogP contribution in [0.4, 0.5) is 0 Å². The molecule has 0 amide bonds. The lowest BCUT2D eigenvalue weighted by atomic mass is 10.1. The van der Waals surface area contributed by atoms with Gasteiger partial charge in [-0.3, -0.25) is 4.79 Å². The van der Waals surface area contributed by atoms with E-state index in [0.29, 0.717) is 31.2 Å². The molecule has 0 aliphatic carbocycles. The molecule has 0 bridgehead atoms. The highest BCUT2D eigenvalue weighted by Gasteiger charge is 2.11. The van der Waals surface area contributed by atoms with Gasteiger partial charge in [0.2, 0.25) is 11.7 Å². The Morgan fingerprint density at radius 2 is 1.73 bits per heavy atom. The quantitative estimate of drug-likeness (QED) is 0.310. The van der Waals surface area contributed by atoms with Crippen LogP contribution in [0, 0.1) is 0 Å². The maximum Gasteiger partial charge on any atom is 0.226 e. The van der Waals surface area contributed by atoms with Crippen molar-refractivity contribution in [3.05, 3.63) is 70.6 Å². The van der Waals surface area contributed by atoms with Crippen LogP contribution in [0.15, 0.2) is 53.1 Å². The van der Waals surface area contributed by atoms with E-state index < -0.39 is 6.10 Å². The molecule has 0 radical (unpaired) electrons. The lowest BCUT2D eigenvalue weighted by Crippen LogP contribution is -2.23. The van der Waals surface area contributed by atoms with Gasteiger partial charge in [-0.05, 0) is 49.4 Å². The van der Waals surface area contributed by atoms with Crippen molar-refractivity contribution in [3.63, 3.8) is 0 Å². The van der Waals surface area contributed by atoms with E-state index in [1.165, 1.54) is 5.56 Å². The number of aromatic nitrogens is 2. The van der Waals surface area contributed by atoms with Gasteiger partial charge in [-0.2, -0.15) is 4.98 Å². The van der Waals surface area contributed by atoms with Gasteiger partial charge >= 0.3 is 0 Å². The van der Waals surface area contributed by atoms with Gasteiger partial charge in [0.15, 0.2) is 0 Å². The number of carbonyl (C=O) groups is 1. The molecular formula is C26H32ClN3O3. The Balaban J connectivity index is 1.36. The van der Waals surface area contributed by atoms with E-state index in [1.807, 2.05) is 36.4 Å². The maximum atomic E-state index is 11.0. The minimum Gasteiger partial charge on any atom is -0.387 e. The first-order chi connectivity index (χ1) is 16.0. The number of hydrogen-bond donors (Lipinski definition) is 2. The molecule has 7 heteroatoms. The Morgan fingerprint density at radius 1 is 1.03 bits per heavy atom. The number of benzene rings is 2. The topological polar surface area (TPSA) is 88.2 Å². The number of ketones is 1. The Hall–Kier alpha value is -2.54. The highest BCUT2D eigenvalue weighted by molar-refractivity contribution is 6.30. The summed E-state index contributed by atoms with van der Waals surface area (Å²) in [5.74, 6) is 1.35. The molecule has 3 rings (SSSR count). The number of nitrogens with zero attached hydrogens (tertiary/aromatic N) is 2. The molecule has 1 heterocycles. The molecule has 176 valence electrons. The van der Waals surface area contributed by atoms with E-state index in [9.17, 15) is 9.90 Å². The van der Waals surface area contributed by atoms with Crippen LogP contribution in [0.1, 0.15) is 62.1 Å². The van der Waals surface area contributed by atoms with E-state index in [0.717, 1.165) is 54.7 Å². The lowest BCUT2D eigenvalue weighted by molar-refractivity contribution is -0.116. The summed E-state index contributed by atoms with van der Waals surface area (Å²) in [4.78, 5) is 15.5. The van der Waals surface area contributed by atoms with E-state index in [-0.39, 0.29) is 5.78 Å². The lowest BCUT2D eigenvalue weighted by Gasteiger charge is -2.12. The fraction of sp³-hybridized carbons (Fsp3) is 0.423. The number of aliphatic hydroxyl groups is 1. The van der Waals surface area contributed by atoms with Crippen LogP contribution in [0.2, 0.25) is 5.02 Å². The maximum absolute atomic E-state index is 11.0. The molecule has 0 aliphatic heterocycles. The van der Waals surface area contributed by atoms with Gasteiger partial charge in [-0.1, -0.05) is 66.0 Å². The molecule has 1 unspecified atom stereocenters. The molecular weight excluding hydrogens is 438 g/mol. The zero-order valence-electron chi connectivity index (χ0n) is 19.1. The molecule has 1 aromatic heterocycles. The number of aryl methyl sites for hydroxylation is 2. The van der Waals surface area contributed by atoms with Gasteiger partial charge < -0.3 is 14.9 Å². The number of hydrogen-bond acceptors (Lipinski definition) is 6. The molecule has 0 saturated heterocycles. The predicted molar refractivity (Wildman–Crippen MR) is 130 cm³/mol. The van der Waals surface area contributed by atoms with Crippen molar-refractivity contribution in [2.24, 2.45) is 0 Å².